The molecule has 2 aromatic rings. The lowest BCUT2D eigenvalue weighted by molar-refractivity contribution is -0.153. The number of alkyl carbamates (subject to hydrolysis) is 1. The summed E-state index contributed by atoms with van der Waals surface area (Å²) in [6.45, 7) is 7.66. The highest BCUT2D eigenvalue weighted by atomic mass is 16.5. The number of amides is 4. The number of hydrogen-bond donors (Lipinski definition) is 3. The minimum Gasteiger partial charge on any atom is -0.456 e. The number of allylic oxidation sites excluding steroid dienone is 5. The summed E-state index contributed by atoms with van der Waals surface area (Å²) in [4.78, 5) is 110. The van der Waals surface area contributed by atoms with Crippen LogP contribution in [-0.2, 0) is 43.0 Å². The Hall–Kier alpha value is -6.13. The molecule has 3 rings (SSSR count). The number of ether oxygens (including phenoxy) is 3. The molecule has 17 heteroatoms. The fourth-order valence-corrected chi connectivity index (χ4v) is 6.02. The van der Waals surface area contributed by atoms with Gasteiger partial charge in [-0.25, -0.2) is 14.6 Å². The van der Waals surface area contributed by atoms with Gasteiger partial charge in [0.1, 0.15) is 30.0 Å². The number of nitrogens with one attached hydrogen (secondary N) is 3. The molecule has 1 aliphatic rings. The fraction of sp³-hybridized carbons (Fsp3) is 0.462. The molecule has 1 aromatic carbocycles. The normalized spacial score (nSPS) is 14.9. The van der Waals surface area contributed by atoms with E-state index in [4.69, 9.17) is 9.47 Å². The number of fused-ring (bicyclic) bond motifs is 1. The molecule has 1 fully saturated rings. The molecule has 302 valence electrons. The van der Waals surface area contributed by atoms with Crippen molar-refractivity contribution < 1.29 is 52.6 Å². The van der Waals surface area contributed by atoms with E-state index >= 15 is 0 Å². The lowest BCUT2D eigenvalue weighted by atomic mass is 9.99. The second kappa shape index (κ2) is 21.7. The monoisotopic (exact) mass is 778 g/mol. The molecule has 1 aromatic heterocycles. The molecule has 3 N–H and O–H groups in total. The Kier molecular flexibility index (Phi) is 17.1. The Balaban J connectivity index is 1.70. The van der Waals surface area contributed by atoms with Crippen molar-refractivity contribution in [2.24, 2.45) is 5.92 Å². The first-order chi connectivity index (χ1) is 26.8. The average Bonchev–Trinajstić information content (AvgIpc) is 3.83. The molecule has 1 aliphatic heterocycles. The van der Waals surface area contributed by atoms with Crippen molar-refractivity contribution in [3.8, 4) is 0 Å². The molecule has 2 unspecified atom stereocenters. The number of aromatic amines is 1. The van der Waals surface area contributed by atoms with Crippen LogP contribution in [0.3, 0.4) is 0 Å². The van der Waals surface area contributed by atoms with E-state index in [0.29, 0.717) is 53.7 Å². The molecule has 2 heterocycles. The Labute approximate surface area is 324 Å². The number of nitrogens with zero attached hydrogens (tertiary/aromatic N) is 3. The Morgan fingerprint density at radius 1 is 1.07 bits per heavy atom. The number of imidazole rings is 1. The van der Waals surface area contributed by atoms with Crippen LogP contribution in [0.5, 0.6) is 0 Å². The van der Waals surface area contributed by atoms with E-state index in [1.807, 2.05) is 13.8 Å². The number of hydrogen-bond acceptors (Lipinski definition) is 12. The van der Waals surface area contributed by atoms with Gasteiger partial charge in [0.25, 0.3) is 0 Å². The number of H-pyrrole nitrogens is 1. The molecule has 2 atom stereocenters. The van der Waals surface area contributed by atoms with E-state index in [9.17, 15) is 38.4 Å². The van der Waals surface area contributed by atoms with Crippen LogP contribution in [0.1, 0.15) is 68.7 Å². The first-order valence-electron chi connectivity index (χ1n) is 18.2. The summed E-state index contributed by atoms with van der Waals surface area (Å²) in [6.07, 6.45) is 9.04. The van der Waals surface area contributed by atoms with Gasteiger partial charge in [-0.2, -0.15) is 0 Å². The molecule has 17 nitrogen and oxygen atoms in total. The van der Waals surface area contributed by atoms with Crippen LogP contribution in [0.4, 0.5) is 4.79 Å². The molecular weight excluding hydrogens is 728 g/mol. The standard InChI is InChI=1S/C39H50N6O11/c1-7-11-26(12-9-13-27(47)21-55-33(50)20-44(17-8-2)32(49)19-40-23-46)28-15-16-29(36-35(28)41-25(5)42-36)31(48)22-56-38(52)30-14-10-18-45(30)37(51)34(24(3)4)43-39(53)54-6/h7,9,11-13,15-16,23-24,30,34H,8,10,14,17-22H2,1-6H3,(H,40,46)(H,41,42)(H,43,53)/b11-7-,13-9+,26-12+. The zero-order valence-electron chi connectivity index (χ0n) is 32.5. The summed E-state index contributed by atoms with van der Waals surface area (Å²) >= 11 is 0. The second-order valence-electron chi connectivity index (χ2n) is 13.2. The van der Waals surface area contributed by atoms with Crippen molar-refractivity contribution in [2.75, 3.05) is 46.5 Å². The lowest BCUT2D eigenvalue weighted by Gasteiger charge is -2.29. The fourth-order valence-electron chi connectivity index (χ4n) is 6.02. The molecule has 0 radical (unpaired) electrons. The van der Waals surface area contributed by atoms with E-state index in [2.05, 4.69) is 25.3 Å². The Morgan fingerprint density at radius 2 is 1.80 bits per heavy atom. The molecule has 56 heavy (non-hydrogen) atoms. The summed E-state index contributed by atoms with van der Waals surface area (Å²) < 4.78 is 15.2. The highest BCUT2D eigenvalue weighted by molar-refractivity contribution is 6.10. The third-order valence-corrected chi connectivity index (χ3v) is 8.70. The van der Waals surface area contributed by atoms with Gasteiger partial charge in [-0.15, -0.1) is 0 Å². The predicted octanol–water partition coefficient (Wildman–Crippen LogP) is 2.58. The lowest BCUT2D eigenvalue weighted by Crippen LogP contribution is -2.54. The van der Waals surface area contributed by atoms with E-state index < -0.39 is 66.7 Å². The number of carbonyl (C=O) groups is 8. The second-order valence-corrected chi connectivity index (χ2v) is 13.2. The van der Waals surface area contributed by atoms with Gasteiger partial charge >= 0.3 is 18.0 Å². The van der Waals surface area contributed by atoms with E-state index in [-0.39, 0.29) is 37.7 Å². The molecule has 4 amide bonds. The van der Waals surface area contributed by atoms with Crippen LogP contribution in [0.25, 0.3) is 16.6 Å². The summed E-state index contributed by atoms with van der Waals surface area (Å²) in [6, 6.07) is 1.43. The van der Waals surface area contributed by atoms with Crippen LogP contribution in [-0.4, -0.2) is 126 Å². The SMILES string of the molecule is C\C=C/C(=C\C=C\C(=O)COC(=O)CN(CCC)C(=O)CNC=O)c1ccc(C(=O)COC(=O)C2CCCN2C(=O)C(NC(=O)OC)C(C)C)c2nc(C)[nH]c12. The number of likely N-dealkylation sites (tertiary alicyclic amines) is 1. The average molecular weight is 779 g/mol. The van der Waals surface area contributed by atoms with Crippen molar-refractivity contribution in [1.29, 1.82) is 0 Å². The van der Waals surface area contributed by atoms with Gasteiger partial charge in [0.15, 0.2) is 19.0 Å². The molecule has 0 saturated carbocycles. The topological polar surface area (TPSA) is 223 Å². The smallest absolute Gasteiger partial charge is 0.407 e. The first kappa shape index (κ1) is 44.3. The summed E-state index contributed by atoms with van der Waals surface area (Å²) in [5.41, 5.74) is 2.37. The first-order valence-corrected chi connectivity index (χ1v) is 18.2. The molecule has 1 saturated heterocycles. The molecule has 0 spiro atoms. The van der Waals surface area contributed by atoms with Gasteiger partial charge in [0.05, 0.1) is 19.2 Å². The van der Waals surface area contributed by atoms with Crippen molar-refractivity contribution >= 4 is 64.4 Å². The highest BCUT2D eigenvalue weighted by Gasteiger charge is 2.40. The largest absolute Gasteiger partial charge is 0.456 e. The van der Waals surface area contributed by atoms with Crippen molar-refractivity contribution in [1.82, 2.24) is 30.4 Å². The van der Waals surface area contributed by atoms with Gasteiger partial charge in [-0.05, 0) is 56.7 Å². The molecule has 0 aliphatic carbocycles. The van der Waals surface area contributed by atoms with E-state index in [1.54, 1.807) is 51.1 Å². The van der Waals surface area contributed by atoms with Gasteiger partial charge in [0, 0.05) is 24.2 Å². The minimum absolute atomic E-state index is 0.203. The Bertz CT molecular complexity index is 1880. The number of benzene rings is 1. The summed E-state index contributed by atoms with van der Waals surface area (Å²) in [5.74, 6) is -3.20. The highest BCUT2D eigenvalue weighted by Crippen LogP contribution is 2.28. The number of Topliss-reactive ketones (excluding diaryl/α,β-unsaturated/α-hetero) is 1. The van der Waals surface area contributed by atoms with Crippen LogP contribution in [0.2, 0.25) is 0 Å². The van der Waals surface area contributed by atoms with Crippen LogP contribution in [0.15, 0.2) is 42.5 Å². The molecular formula is C39H50N6O11. The van der Waals surface area contributed by atoms with Crippen LogP contribution >= 0.6 is 0 Å². The predicted molar refractivity (Wildman–Crippen MR) is 204 cm³/mol. The van der Waals surface area contributed by atoms with Gasteiger partial charge < -0.3 is 39.6 Å². The number of esters is 2. The maximum atomic E-state index is 13.5. The van der Waals surface area contributed by atoms with Gasteiger partial charge in [-0.3, -0.25) is 28.8 Å². The van der Waals surface area contributed by atoms with Crippen molar-refractivity contribution in [2.45, 2.75) is 66.0 Å². The maximum Gasteiger partial charge on any atom is 0.407 e. The van der Waals surface area contributed by atoms with Crippen LogP contribution in [0, 0.1) is 12.8 Å². The van der Waals surface area contributed by atoms with Crippen LogP contribution < -0.4 is 10.6 Å². The van der Waals surface area contributed by atoms with Crippen molar-refractivity contribution in [3.05, 3.63) is 59.5 Å². The third-order valence-electron chi connectivity index (χ3n) is 8.70. The quantitative estimate of drug-likeness (QED) is 0.0441. The number of aromatic nitrogens is 2. The number of carbonyl (C=O) groups excluding carboxylic acids is 8. The van der Waals surface area contributed by atoms with Crippen molar-refractivity contribution in [3.63, 3.8) is 0 Å². The number of rotatable bonds is 20. The number of aryl methyl sites for hydroxylation is 1. The molecule has 0 bridgehead atoms. The zero-order valence-corrected chi connectivity index (χ0v) is 32.5. The summed E-state index contributed by atoms with van der Waals surface area (Å²) in [5, 5.41) is 4.78. The van der Waals surface area contributed by atoms with Gasteiger partial charge in [0.2, 0.25) is 24.0 Å². The zero-order chi connectivity index (χ0) is 41.4. The van der Waals surface area contributed by atoms with E-state index in [1.165, 1.54) is 29.1 Å². The maximum absolute atomic E-state index is 13.5. The minimum atomic E-state index is -0.920. The third kappa shape index (κ3) is 12.2. The number of ketones is 2. The summed E-state index contributed by atoms with van der Waals surface area (Å²) in [7, 11) is 1.19. The number of methoxy groups -OCH3 is 1. The van der Waals surface area contributed by atoms with E-state index in [0.717, 1.165) is 0 Å². The Morgan fingerprint density at radius 3 is 2.46 bits per heavy atom. The van der Waals surface area contributed by atoms with Gasteiger partial charge in [-0.1, -0.05) is 51.1 Å².